The molecule has 0 spiro atoms. The Labute approximate surface area is 157 Å². The van der Waals surface area contributed by atoms with E-state index in [4.69, 9.17) is 0 Å². The summed E-state index contributed by atoms with van der Waals surface area (Å²) in [4.78, 5) is 15.5. The minimum Gasteiger partial charge on any atom is -0.320 e. The van der Waals surface area contributed by atoms with Crippen molar-refractivity contribution >= 4 is 17.3 Å². The summed E-state index contributed by atoms with van der Waals surface area (Å²) in [5.74, 6) is 0.699. The molecule has 1 heterocycles. The van der Waals surface area contributed by atoms with E-state index in [1.807, 2.05) is 18.0 Å². The van der Waals surface area contributed by atoms with Gasteiger partial charge in [0.05, 0.1) is 11.1 Å². The largest absolute Gasteiger partial charge is 0.320 e. The first-order valence-electron chi connectivity index (χ1n) is 9.63. The highest BCUT2D eigenvalue weighted by Crippen LogP contribution is 2.43. The Morgan fingerprint density at radius 2 is 1.81 bits per heavy atom. The predicted octanol–water partition coefficient (Wildman–Crippen LogP) is 5.04. The van der Waals surface area contributed by atoms with Gasteiger partial charge >= 0.3 is 0 Å². The highest BCUT2D eigenvalue weighted by molar-refractivity contribution is 6.06. The molecule has 2 aromatic carbocycles. The van der Waals surface area contributed by atoms with Crippen molar-refractivity contribution in [2.75, 3.05) is 18.5 Å². The monoisotopic (exact) mass is 350 g/mol. The van der Waals surface area contributed by atoms with E-state index in [0.717, 1.165) is 37.2 Å². The van der Waals surface area contributed by atoms with Crippen LogP contribution in [0.1, 0.15) is 50.7 Å². The number of carbonyl (C=O) groups excluding carboxylic acids is 1. The lowest BCUT2D eigenvalue weighted by Crippen LogP contribution is -2.45. The van der Waals surface area contributed by atoms with Crippen molar-refractivity contribution in [3.63, 3.8) is 0 Å². The van der Waals surface area contributed by atoms with Gasteiger partial charge in [0.25, 0.3) is 0 Å². The zero-order chi connectivity index (χ0) is 18.7. The maximum absolute atomic E-state index is 13.5. The summed E-state index contributed by atoms with van der Waals surface area (Å²) in [7, 11) is 1.96. The van der Waals surface area contributed by atoms with Crippen LogP contribution in [0, 0.1) is 5.41 Å². The molecule has 0 radical (unpaired) electrons. The summed E-state index contributed by atoms with van der Waals surface area (Å²) in [5, 5.41) is 3.19. The Morgan fingerprint density at radius 3 is 2.46 bits per heavy atom. The molecule has 0 bridgehead atoms. The van der Waals surface area contributed by atoms with E-state index in [-0.39, 0.29) is 11.3 Å². The smallest absolute Gasteiger partial charge is 0.237 e. The molecule has 3 rings (SSSR count). The summed E-state index contributed by atoms with van der Waals surface area (Å²) in [6, 6.07) is 16.8. The van der Waals surface area contributed by atoms with Crippen LogP contribution in [-0.2, 0) is 11.2 Å². The molecular weight excluding hydrogens is 320 g/mol. The summed E-state index contributed by atoms with van der Waals surface area (Å²) in [6.07, 6.45) is 2.70. The number of hydrogen-bond acceptors (Lipinski definition) is 2. The Hall–Kier alpha value is -2.13. The second-order valence-electron chi connectivity index (χ2n) is 7.96. The van der Waals surface area contributed by atoms with Crippen molar-refractivity contribution < 1.29 is 4.79 Å². The minimum atomic E-state index is -0.359. The molecule has 1 unspecified atom stereocenters. The maximum atomic E-state index is 13.5. The standard InChI is InChI=1S/C23H30N2O/c1-17(2)18-10-12-20(13-11-18)25-21-9-6-5-8-19(21)16-23(3,22(25)26)14-7-15-24-4/h5-6,8-13,17,24H,7,14-16H2,1-4H3. The van der Waals surface area contributed by atoms with E-state index in [9.17, 15) is 4.79 Å². The quantitative estimate of drug-likeness (QED) is 0.741. The van der Waals surface area contributed by atoms with Crippen LogP contribution in [0.25, 0.3) is 0 Å². The fourth-order valence-electron chi connectivity index (χ4n) is 3.87. The van der Waals surface area contributed by atoms with E-state index < -0.39 is 0 Å². The number of rotatable bonds is 6. The zero-order valence-corrected chi connectivity index (χ0v) is 16.4. The SMILES string of the molecule is CNCCCC1(C)Cc2ccccc2N(c2ccc(C(C)C)cc2)C1=O. The van der Waals surface area contributed by atoms with Crippen molar-refractivity contribution in [3.05, 3.63) is 59.7 Å². The second kappa shape index (κ2) is 7.63. The molecule has 1 aliphatic rings. The molecule has 3 heteroatoms. The van der Waals surface area contributed by atoms with Crippen LogP contribution in [0.5, 0.6) is 0 Å². The van der Waals surface area contributed by atoms with Gasteiger partial charge in [-0.25, -0.2) is 0 Å². The van der Waals surface area contributed by atoms with E-state index in [0.29, 0.717) is 5.92 Å². The zero-order valence-electron chi connectivity index (χ0n) is 16.4. The highest BCUT2D eigenvalue weighted by Gasteiger charge is 2.42. The normalized spacial score (nSPS) is 19.7. The molecule has 1 N–H and O–H groups in total. The number of anilines is 2. The van der Waals surface area contributed by atoms with E-state index in [2.05, 4.69) is 68.6 Å². The third-order valence-electron chi connectivity index (χ3n) is 5.51. The number of carbonyl (C=O) groups is 1. The van der Waals surface area contributed by atoms with E-state index in [1.54, 1.807) is 0 Å². The van der Waals surface area contributed by atoms with Gasteiger partial charge < -0.3 is 5.32 Å². The number of nitrogens with one attached hydrogen (secondary N) is 1. The van der Waals surface area contributed by atoms with Gasteiger partial charge in [0.1, 0.15) is 0 Å². The van der Waals surface area contributed by atoms with E-state index >= 15 is 0 Å². The first-order chi connectivity index (χ1) is 12.5. The fourth-order valence-corrected chi connectivity index (χ4v) is 3.87. The first kappa shape index (κ1) is 18.7. The van der Waals surface area contributed by atoms with Crippen LogP contribution in [0.3, 0.4) is 0 Å². The number of hydrogen-bond donors (Lipinski definition) is 1. The van der Waals surface area contributed by atoms with Gasteiger partial charge in [0.2, 0.25) is 5.91 Å². The molecule has 1 atom stereocenters. The number of nitrogens with zero attached hydrogens (tertiary/aromatic N) is 1. The summed E-state index contributed by atoms with van der Waals surface area (Å²) < 4.78 is 0. The fraction of sp³-hybridized carbons (Fsp3) is 0.435. The average Bonchev–Trinajstić information content (AvgIpc) is 2.63. The summed E-state index contributed by atoms with van der Waals surface area (Å²) >= 11 is 0. The van der Waals surface area contributed by atoms with Crippen molar-refractivity contribution in [2.45, 2.75) is 46.0 Å². The molecule has 0 aliphatic carbocycles. The highest BCUT2D eigenvalue weighted by atomic mass is 16.2. The van der Waals surface area contributed by atoms with E-state index in [1.165, 1.54) is 11.1 Å². The van der Waals surface area contributed by atoms with Gasteiger partial charge in [-0.1, -0.05) is 51.1 Å². The molecule has 1 amide bonds. The van der Waals surface area contributed by atoms with Gasteiger partial charge in [-0.3, -0.25) is 9.69 Å². The number of benzene rings is 2. The summed E-state index contributed by atoms with van der Waals surface area (Å²) in [6.45, 7) is 7.44. The van der Waals surface area contributed by atoms with Crippen LogP contribution in [0.15, 0.2) is 48.5 Å². The van der Waals surface area contributed by atoms with Crippen LogP contribution in [-0.4, -0.2) is 19.5 Å². The average molecular weight is 351 g/mol. The van der Waals surface area contributed by atoms with Crippen LogP contribution >= 0.6 is 0 Å². The molecule has 3 nitrogen and oxygen atoms in total. The molecule has 2 aromatic rings. The first-order valence-corrected chi connectivity index (χ1v) is 9.63. The molecule has 0 saturated heterocycles. The van der Waals surface area contributed by atoms with Crippen molar-refractivity contribution in [2.24, 2.45) is 5.41 Å². The van der Waals surface area contributed by atoms with Crippen molar-refractivity contribution in [1.82, 2.24) is 5.32 Å². The lowest BCUT2D eigenvalue weighted by atomic mass is 9.75. The lowest BCUT2D eigenvalue weighted by Gasteiger charge is -2.41. The van der Waals surface area contributed by atoms with Crippen molar-refractivity contribution in [3.8, 4) is 0 Å². The second-order valence-corrected chi connectivity index (χ2v) is 7.96. The Bertz CT molecular complexity index is 766. The molecule has 0 aromatic heterocycles. The molecular formula is C23H30N2O. The van der Waals surface area contributed by atoms with Gasteiger partial charge in [-0.05, 0) is 68.1 Å². The molecule has 1 aliphatic heterocycles. The molecule has 0 saturated carbocycles. The van der Waals surface area contributed by atoms with Crippen LogP contribution in [0.2, 0.25) is 0 Å². The minimum absolute atomic E-state index is 0.213. The molecule has 26 heavy (non-hydrogen) atoms. The Morgan fingerprint density at radius 1 is 1.12 bits per heavy atom. The Balaban J connectivity index is 2.00. The Kier molecular flexibility index (Phi) is 5.47. The van der Waals surface area contributed by atoms with Gasteiger partial charge in [0, 0.05) is 5.69 Å². The predicted molar refractivity (Wildman–Crippen MR) is 109 cm³/mol. The number of amides is 1. The van der Waals surface area contributed by atoms with Crippen molar-refractivity contribution in [1.29, 1.82) is 0 Å². The van der Waals surface area contributed by atoms with Crippen LogP contribution in [0.4, 0.5) is 11.4 Å². The molecule has 138 valence electrons. The van der Waals surface area contributed by atoms with Gasteiger partial charge in [-0.2, -0.15) is 0 Å². The third kappa shape index (κ3) is 3.54. The third-order valence-corrected chi connectivity index (χ3v) is 5.51. The van der Waals surface area contributed by atoms with Crippen LogP contribution < -0.4 is 10.2 Å². The lowest BCUT2D eigenvalue weighted by molar-refractivity contribution is -0.127. The topological polar surface area (TPSA) is 32.3 Å². The summed E-state index contributed by atoms with van der Waals surface area (Å²) in [5.41, 5.74) is 4.18. The maximum Gasteiger partial charge on any atom is 0.237 e. The van der Waals surface area contributed by atoms with Gasteiger partial charge in [0.15, 0.2) is 0 Å². The number of para-hydroxylation sites is 1. The van der Waals surface area contributed by atoms with Gasteiger partial charge in [-0.15, -0.1) is 0 Å². The number of fused-ring (bicyclic) bond motifs is 1. The molecule has 0 fully saturated rings.